The summed E-state index contributed by atoms with van der Waals surface area (Å²) in [5.41, 5.74) is 2.61. The fraction of sp³-hybridized carbons (Fsp3) is 0.190. The summed E-state index contributed by atoms with van der Waals surface area (Å²) in [6.45, 7) is 1.50. The molecular formula is C21H21N3O4S. The van der Waals surface area contributed by atoms with Crippen molar-refractivity contribution in [2.24, 2.45) is 0 Å². The van der Waals surface area contributed by atoms with Crippen LogP contribution in [-0.2, 0) is 11.2 Å². The van der Waals surface area contributed by atoms with Crippen LogP contribution < -0.4 is 20.1 Å². The number of Topliss-reactive ketones (excluding diaryl/α,β-unsaturated/α-hetero) is 1. The van der Waals surface area contributed by atoms with Crippen LogP contribution >= 0.6 is 11.3 Å². The Hall–Kier alpha value is -3.39. The van der Waals surface area contributed by atoms with Gasteiger partial charge in [-0.15, -0.1) is 11.3 Å². The summed E-state index contributed by atoms with van der Waals surface area (Å²) >= 11 is 1.39. The molecule has 0 aliphatic rings. The molecule has 0 atom stereocenters. The van der Waals surface area contributed by atoms with E-state index < -0.39 is 0 Å². The van der Waals surface area contributed by atoms with Gasteiger partial charge in [-0.05, 0) is 43.3 Å². The standard InChI is InChI=1S/C21H21N3O4S/c1-13(25)14-4-6-15(7-5-14)22-20(26)10-16-12-29-21(23-16)24-18-11-17(27-2)8-9-19(18)28-3/h4-9,11-12H,10H2,1-3H3,(H,22,26)(H,23,24). The fourth-order valence-electron chi connectivity index (χ4n) is 2.63. The monoisotopic (exact) mass is 411 g/mol. The van der Waals surface area contributed by atoms with Crippen LogP contribution in [0, 0.1) is 0 Å². The van der Waals surface area contributed by atoms with E-state index in [1.54, 1.807) is 44.6 Å². The Morgan fingerprint density at radius 1 is 1.07 bits per heavy atom. The zero-order valence-corrected chi connectivity index (χ0v) is 17.1. The second kappa shape index (κ2) is 9.20. The third-order valence-corrected chi connectivity index (χ3v) is 4.92. The van der Waals surface area contributed by atoms with Crippen molar-refractivity contribution < 1.29 is 19.1 Å². The molecule has 0 unspecified atom stereocenters. The number of rotatable bonds is 8. The van der Waals surface area contributed by atoms with Crippen molar-refractivity contribution in [3.8, 4) is 11.5 Å². The van der Waals surface area contributed by atoms with E-state index in [9.17, 15) is 9.59 Å². The van der Waals surface area contributed by atoms with Crippen LogP contribution in [0.1, 0.15) is 23.0 Å². The Morgan fingerprint density at radius 2 is 1.83 bits per heavy atom. The van der Waals surface area contributed by atoms with Crippen molar-refractivity contribution in [3.05, 3.63) is 59.1 Å². The molecule has 1 heterocycles. The number of amides is 1. The van der Waals surface area contributed by atoms with Crippen LogP contribution in [0.2, 0.25) is 0 Å². The van der Waals surface area contributed by atoms with Crippen LogP contribution in [0.4, 0.5) is 16.5 Å². The van der Waals surface area contributed by atoms with E-state index in [2.05, 4.69) is 15.6 Å². The average molecular weight is 411 g/mol. The van der Waals surface area contributed by atoms with Gasteiger partial charge in [-0.1, -0.05) is 0 Å². The Bertz CT molecular complexity index is 1020. The van der Waals surface area contributed by atoms with E-state index in [-0.39, 0.29) is 18.1 Å². The van der Waals surface area contributed by atoms with E-state index in [4.69, 9.17) is 9.47 Å². The second-order valence-electron chi connectivity index (χ2n) is 6.19. The second-order valence-corrected chi connectivity index (χ2v) is 7.05. The average Bonchev–Trinajstić information content (AvgIpc) is 3.14. The third-order valence-electron chi connectivity index (χ3n) is 4.12. The first-order chi connectivity index (χ1) is 14.0. The van der Waals surface area contributed by atoms with Crippen molar-refractivity contribution in [1.82, 2.24) is 4.98 Å². The maximum atomic E-state index is 12.3. The number of carbonyl (C=O) groups is 2. The molecule has 1 amide bonds. The van der Waals surface area contributed by atoms with Gasteiger partial charge in [-0.3, -0.25) is 9.59 Å². The number of benzene rings is 2. The first-order valence-electron chi connectivity index (χ1n) is 8.83. The molecule has 0 fully saturated rings. The first-order valence-corrected chi connectivity index (χ1v) is 9.70. The van der Waals surface area contributed by atoms with Gasteiger partial charge < -0.3 is 20.1 Å². The highest BCUT2D eigenvalue weighted by atomic mass is 32.1. The Kier molecular flexibility index (Phi) is 6.46. The molecule has 29 heavy (non-hydrogen) atoms. The van der Waals surface area contributed by atoms with Gasteiger partial charge >= 0.3 is 0 Å². The fourth-order valence-corrected chi connectivity index (χ4v) is 3.35. The lowest BCUT2D eigenvalue weighted by Crippen LogP contribution is -2.14. The highest BCUT2D eigenvalue weighted by Crippen LogP contribution is 2.32. The lowest BCUT2D eigenvalue weighted by molar-refractivity contribution is -0.115. The smallest absolute Gasteiger partial charge is 0.230 e. The lowest BCUT2D eigenvalue weighted by atomic mass is 10.1. The molecule has 0 saturated carbocycles. The number of hydrogen-bond acceptors (Lipinski definition) is 7. The third kappa shape index (κ3) is 5.32. The predicted octanol–water partition coefficient (Wildman–Crippen LogP) is 4.29. The number of carbonyl (C=O) groups excluding carboxylic acids is 2. The summed E-state index contributed by atoms with van der Waals surface area (Å²) < 4.78 is 10.6. The normalized spacial score (nSPS) is 10.3. The molecule has 0 bridgehead atoms. The molecule has 2 N–H and O–H groups in total. The summed E-state index contributed by atoms with van der Waals surface area (Å²) in [6.07, 6.45) is 0.141. The van der Waals surface area contributed by atoms with Crippen LogP contribution in [0.25, 0.3) is 0 Å². The molecule has 0 radical (unpaired) electrons. The minimum absolute atomic E-state index is 0.0157. The molecule has 0 spiro atoms. The summed E-state index contributed by atoms with van der Waals surface area (Å²) in [5, 5.41) is 8.47. The number of hydrogen-bond donors (Lipinski definition) is 2. The summed E-state index contributed by atoms with van der Waals surface area (Å²) in [4.78, 5) is 28.1. The topological polar surface area (TPSA) is 89.6 Å². The largest absolute Gasteiger partial charge is 0.497 e. The van der Waals surface area contributed by atoms with Gasteiger partial charge in [0.2, 0.25) is 5.91 Å². The van der Waals surface area contributed by atoms with E-state index in [0.717, 1.165) is 5.69 Å². The van der Waals surface area contributed by atoms with Crippen LogP contribution in [0.15, 0.2) is 47.8 Å². The number of nitrogens with zero attached hydrogens (tertiary/aromatic N) is 1. The SMILES string of the molecule is COc1ccc(OC)c(Nc2nc(CC(=O)Nc3ccc(C(C)=O)cc3)cs2)c1. The summed E-state index contributed by atoms with van der Waals surface area (Å²) in [6, 6.07) is 12.2. The molecule has 0 saturated heterocycles. The number of ketones is 1. The van der Waals surface area contributed by atoms with Gasteiger partial charge in [0.25, 0.3) is 0 Å². The zero-order chi connectivity index (χ0) is 20.8. The van der Waals surface area contributed by atoms with Gasteiger partial charge in [-0.25, -0.2) is 4.98 Å². The number of methoxy groups -OCH3 is 2. The maximum absolute atomic E-state index is 12.3. The van der Waals surface area contributed by atoms with Crippen molar-refractivity contribution in [1.29, 1.82) is 0 Å². The Morgan fingerprint density at radius 3 is 2.48 bits per heavy atom. The van der Waals surface area contributed by atoms with Gasteiger partial charge in [-0.2, -0.15) is 0 Å². The molecule has 0 aliphatic carbocycles. The first kappa shape index (κ1) is 20.3. The van der Waals surface area contributed by atoms with Crippen molar-refractivity contribution in [2.45, 2.75) is 13.3 Å². The summed E-state index contributed by atoms with van der Waals surface area (Å²) in [5.74, 6) is 1.16. The molecule has 7 nitrogen and oxygen atoms in total. The minimum atomic E-state index is -0.184. The molecule has 1 aromatic heterocycles. The molecule has 3 rings (SSSR count). The number of anilines is 3. The number of ether oxygens (including phenoxy) is 2. The molecule has 0 aliphatic heterocycles. The minimum Gasteiger partial charge on any atom is -0.497 e. The maximum Gasteiger partial charge on any atom is 0.230 e. The molecular weight excluding hydrogens is 390 g/mol. The molecule has 3 aromatic rings. The van der Waals surface area contributed by atoms with Crippen molar-refractivity contribution in [2.75, 3.05) is 24.9 Å². The van der Waals surface area contributed by atoms with E-state index >= 15 is 0 Å². The van der Waals surface area contributed by atoms with Crippen LogP contribution in [-0.4, -0.2) is 30.9 Å². The van der Waals surface area contributed by atoms with Gasteiger partial charge in [0.15, 0.2) is 10.9 Å². The quantitative estimate of drug-likeness (QED) is 0.538. The highest BCUT2D eigenvalue weighted by molar-refractivity contribution is 7.13. The van der Waals surface area contributed by atoms with Gasteiger partial charge in [0.05, 0.1) is 32.0 Å². The van der Waals surface area contributed by atoms with E-state index in [1.165, 1.54) is 18.3 Å². The molecule has 150 valence electrons. The number of thiazole rings is 1. The predicted molar refractivity (Wildman–Crippen MR) is 114 cm³/mol. The van der Waals surface area contributed by atoms with Crippen molar-refractivity contribution in [3.63, 3.8) is 0 Å². The van der Waals surface area contributed by atoms with Crippen LogP contribution in [0.5, 0.6) is 11.5 Å². The highest BCUT2D eigenvalue weighted by Gasteiger charge is 2.11. The summed E-state index contributed by atoms with van der Waals surface area (Å²) in [7, 11) is 3.19. The Balaban J connectivity index is 1.63. The number of nitrogens with one attached hydrogen (secondary N) is 2. The molecule has 8 heteroatoms. The van der Waals surface area contributed by atoms with E-state index in [0.29, 0.717) is 33.6 Å². The lowest BCUT2D eigenvalue weighted by Gasteiger charge is -2.10. The van der Waals surface area contributed by atoms with Crippen LogP contribution in [0.3, 0.4) is 0 Å². The van der Waals surface area contributed by atoms with E-state index in [1.807, 2.05) is 17.5 Å². The zero-order valence-electron chi connectivity index (χ0n) is 16.3. The number of aromatic nitrogens is 1. The van der Waals surface area contributed by atoms with Gasteiger partial charge in [0, 0.05) is 22.7 Å². The molecule has 2 aromatic carbocycles. The van der Waals surface area contributed by atoms with Gasteiger partial charge in [0.1, 0.15) is 11.5 Å². The Labute approximate surface area is 172 Å². The van der Waals surface area contributed by atoms with Crippen molar-refractivity contribution >= 4 is 39.5 Å².